The number of amides is 1. The maximum Gasteiger partial charge on any atom is 0.238 e. The van der Waals surface area contributed by atoms with Gasteiger partial charge in [0.25, 0.3) is 0 Å². The number of hydrogen-bond acceptors (Lipinski definition) is 4. The molecule has 26 heavy (non-hydrogen) atoms. The highest BCUT2D eigenvalue weighted by molar-refractivity contribution is 14.1. The number of rotatable bonds is 5. The van der Waals surface area contributed by atoms with Gasteiger partial charge in [-0.3, -0.25) is 14.5 Å². The fourth-order valence-corrected chi connectivity index (χ4v) is 3.37. The van der Waals surface area contributed by atoms with Gasteiger partial charge in [0.05, 0.1) is 6.54 Å². The summed E-state index contributed by atoms with van der Waals surface area (Å²) in [5.41, 5.74) is 2.69. The molecule has 136 valence electrons. The predicted molar refractivity (Wildman–Crippen MR) is 113 cm³/mol. The number of ketones is 1. The largest absolute Gasteiger partial charge is 0.369 e. The van der Waals surface area contributed by atoms with E-state index in [0.29, 0.717) is 6.54 Å². The van der Waals surface area contributed by atoms with Gasteiger partial charge in [0, 0.05) is 46.7 Å². The van der Waals surface area contributed by atoms with E-state index in [1.807, 2.05) is 48.5 Å². The van der Waals surface area contributed by atoms with Crippen LogP contribution in [0.4, 0.5) is 11.4 Å². The summed E-state index contributed by atoms with van der Waals surface area (Å²) in [6.45, 7) is 5.41. The van der Waals surface area contributed by atoms with Gasteiger partial charge in [-0.05, 0) is 78.0 Å². The van der Waals surface area contributed by atoms with Gasteiger partial charge >= 0.3 is 0 Å². The van der Waals surface area contributed by atoms with Crippen LogP contribution in [0, 0.1) is 3.57 Å². The van der Waals surface area contributed by atoms with Crippen LogP contribution in [-0.4, -0.2) is 49.3 Å². The van der Waals surface area contributed by atoms with Crippen molar-refractivity contribution in [1.29, 1.82) is 0 Å². The van der Waals surface area contributed by atoms with Crippen molar-refractivity contribution in [1.82, 2.24) is 4.90 Å². The molecule has 0 spiro atoms. The first-order valence-corrected chi connectivity index (χ1v) is 9.73. The number of halogens is 1. The zero-order chi connectivity index (χ0) is 18.5. The Morgan fingerprint density at radius 3 is 2.15 bits per heavy atom. The van der Waals surface area contributed by atoms with Crippen LogP contribution < -0.4 is 10.2 Å². The first kappa shape index (κ1) is 18.8. The van der Waals surface area contributed by atoms with E-state index in [0.717, 1.165) is 46.7 Å². The van der Waals surface area contributed by atoms with E-state index in [1.165, 1.54) is 0 Å². The number of nitrogens with zero attached hydrogens (tertiary/aromatic N) is 2. The van der Waals surface area contributed by atoms with Crippen LogP contribution in [0.15, 0.2) is 48.5 Å². The summed E-state index contributed by atoms with van der Waals surface area (Å²) in [5.74, 6) is 0.103. The van der Waals surface area contributed by atoms with Crippen molar-refractivity contribution in [3.8, 4) is 0 Å². The lowest BCUT2D eigenvalue weighted by Crippen LogP contribution is -2.48. The fourth-order valence-electron chi connectivity index (χ4n) is 3.01. The van der Waals surface area contributed by atoms with Crippen molar-refractivity contribution in [3.63, 3.8) is 0 Å². The molecule has 2 aromatic rings. The molecule has 1 aliphatic rings. The lowest BCUT2D eigenvalue weighted by Gasteiger charge is -2.35. The van der Waals surface area contributed by atoms with Gasteiger partial charge < -0.3 is 10.2 Å². The SMILES string of the molecule is CC(=O)c1ccc(N2CCN(CC(=O)Nc3ccc(I)cc3)CC2)cc1. The second kappa shape index (κ2) is 8.64. The Kier molecular flexibility index (Phi) is 6.26. The molecule has 0 aliphatic carbocycles. The molecule has 0 radical (unpaired) electrons. The quantitative estimate of drug-likeness (QED) is 0.547. The van der Waals surface area contributed by atoms with Crippen molar-refractivity contribution in [2.24, 2.45) is 0 Å². The molecule has 3 rings (SSSR count). The Balaban J connectivity index is 1.48. The topological polar surface area (TPSA) is 52.7 Å². The van der Waals surface area contributed by atoms with E-state index in [1.54, 1.807) is 6.92 Å². The number of carbonyl (C=O) groups is 2. The first-order valence-electron chi connectivity index (χ1n) is 8.65. The summed E-state index contributed by atoms with van der Waals surface area (Å²) in [6, 6.07) is 15.5. The molecule has 0 aromatic heterocycles. The van der Waals surface area contributed by atoms with Crippen LogP contribution in [-0.2, 0) is 4.79 Å². The van der Waals surface area contributed by atoms with Crippen molar-refractivity contribution < 1.29 is 9.59 Å². The van der Waals surface area contributed by atoms with Crippen LogP contribution in [0.25, 0.3) is 0 Å². The van der Waals surface area contributed by atoms with Gasteiger partial charge in [-0.25, -0.2) is 0 Å². The third-order valence-electron chi connectivity index (χ3n) is 4.51. The number of carbonyl (C=O) groups excluding carboxylic acids is 2. The van der Waals surface area contributed by atoms with Crippen LogP contribution >= 0.6 is 22.6 Å². The second-order valence-electron chi connectivity index (χ2n) is 6.42. The minimum Gasteiger partial charge on any atom is -0.369 e. The molecule has 1 amide bonds. The Morgan fingerprint density at radius 2 is 1.58 bits per heavy atom. The molecule has 0 bridgehead atoms. The third kappa shape index (κ3) is 5.04. The van der Waals surface area contributed by atoms with E-state index < -0.39 is 0 Å². The number of Topliss-reactive ketones (excluding diaryl/α,β-unsaturated/α-hetero) is 1. The van der Waals surface area contributed by atoms with E-state index in [9.17, 15) is 9.59 Å². The average Bonchev–Trinajstić information content (AvgIpc) is 2.64. The van der Waals surface area contributed by atoms with Crippen LogP contribution in [0.3, 0.4) is 0 Å². The maximum absolute atomic E-state index is 12.2. The molecular formula is C20H22IN3O2. The number of hydrogen-bond donors (Lipinski definition) is 1. The number of nitrogens with one attached hydrogen (secondary N) is 1. The Bertz CT molecular complexity index is 767. The Morgan fingerprint density at radius 1 is 0.962 bits per heavy atom. The summed E-state index contributed by atoms with van der Waals surface area (Å²) in [5, 5.41) is 2.95. The molecule has 0 saturated carbocycles. The molecule has 0 atom stereocenters. The monoisotopic (exact) mass is 463 g/mol. The lowest BCUT2D eigenvalue weighted by atomic mass is 10.1. The van der Waals surface area contributed by atoms with Crippen molar-refractivity contribution in [2.75, 3.05) is 42.9 Å². The van der Waals surface area contributed by atoms with Gasteiger partial charge in [0.2, 0.25) is 5.91 Å². The summed E-state index contributed by atoms with van der Waals surface area (Å²) in [6.07, 6.45) is 0. The highest BCUT2D eigenvalue weighted by Gasteiger charge is 2.19. The summed E-state index contributed by atoms with van der Waals surface area (Å²) < 4.78 is 1.15. The first-order chi connectivity index (χ1) is 12.5. The molecular weight excluding hydrogens is 441 g/mol. The van der Waals surface area contributed by atoms with Crippen molar-refractivity contribution >= 4 is 45.7 Å². The molecule has 2 aromatic carbocycles. The molecule has 0 unspecified atom stereocenters. The minimum absolute atomic E-state index is 0.0190. The fraction of sp³-hybridized carbons (Fsp3) is 0.300. The highest BCUT2D eigenvalue weighted by Crippen LogP contribution is 2.18. The van der Waals surface area contributed by atoms with Gasteiger partial charge in [-0.1, -0.05) is 0 Å². The molecule has 6 heteroatoms. The number of anilines is 2. The second-order valence-corrected chi connectivity index (χ2v) is 7.67. The normalized spacial score (nSPS) is 14.9. The number of piperazine rings is 1. The molecule has 1 saturated heterocycles. The zero-order valence-corrected chi connectivity index (χ0v) is 16.9. The van der Waals surface area contributed by atoms with Crippen LogP contribution in [0.1, 0.15) is 17.3 Å². The van der Waals surface area contributed by atoms with Crippen molar-refractivity contribution in [3.05, 3.63) is 57.7 Å². The van der Waals surface area contributed by atoms with Gasteiger partial charge in [-0.2, -0.15) is 0 Å². The maximum atomic E-state index is 12.2. The minimum atomic E-state index is 0.0190. The van der Waals surface area contributed by atoms with E-state index in [-0.39, 0.29) is 11.7 Å². The number of benzene rings is 2. The summed E-state index contributed by atoms with van der Waals surface area (Å²) in [4.78, 5) is 28.0. The Hall–Kier alpha value is -1.93. The molecule has 1 fully saturated rings. The molecule has 5 nitrogen and oxygen atoms in total. The van der Waals surface area contributed by atoms with Crippen LogP contribution in [0.5, 0.6) is 0 Å². The lowest BCUT2D eigenvalue weighted by molar-refractivity contribution is -0.117. The standard InChI is InChI=1S/C20H22IN3O2/c1-15(25)16-2-8-19(9-3-16)24-12-10-23(11-13-24)14-20(26)22-18-6-4-17(21)5-7-18/h2-9H,10-14H2,1H3,(H,22,26). The van der Waals surface area contributed by atoms with E-state index in [4.69, 9.17) is 0 Å². The van der Waals surface area contributed by atoms with E-state index in [2.05, 4.69) is 37.7 Å². The summed E-state index contributed by atoms with van der Waals surface area (Å²) in [7, 11) is 0. The van der Waals surface area contributed by atoms with Crippen LogP contribution in [0.2, 0.25) is 0 Å². The van der Waals surface area contributed by atoms with Gasteiger partial charge in [0.15, 0.2) is 5.78 Å². The van der Waals surface area contributed by atoms with Crippen molar-refractivity contribution in [2.45, 2.75) is 6.92 Å². The Labute approximate surface area is 167 Å². The predicted octanol–water partition coefficient (Wildman–Crippen LogP) is 3.25. The molecule has 1 heterocycles. The third-order valence-corrected chi connectivity index (χ3v) is 5.23. The smallest absolute Gasteiger partial charge is 0.238 e. The zero-order valence-electron chi connectivity index (χ0n) is 14.7. The molecule has 1 aliphatic heterocycles. The van der Waals surface area contributed by atoms with Gasteiger partial charge in [0.1, 0.15) is 0 Å². The average molecular weight is 463 g/mol. The molecule has 1 N–H and O–H groups in total. The van der Waals surface area contributed by atoms with Gasteiger partial charge in [-0.15, -0.1) is 0 Å². The highest BCUT2D eigenvalue weighted by atomic mass is 127. The summed E-state index contributed by atoms with van der Waals surface area (Å²) >= 11 is 2.24. The van der Waals surface area contributed by atoms with E-state index >= 15 is 0 Å².